The van der Waals surface area contributed by atoms with Gasteiger partial charge in [0.15, 0.2) is 0 Å². The van der Waals surface area contributed by atoms with Crippen molar-refractivity contribution in [3.63, 3.8) is 0 Å². The number of ether oxygens (including phenoxy) is 1. The number of amides is 1. The average Bonchev–Trinajstić information content (AvgIpc) is 3.26. The van der Waals surface area contributed by atoms with Gasteiger partial charge in [-0.2, -0.15) is 0 Å². The number of nitrogens with zero attached hydrogens (tertiary/aromatic N) is 1. The lowest BCUT2D eigenvalue weighted by atomic mass is 9.94. The molecule has 1 aromatic carbocycles. The van der Waals surface area contributed by atoms with E-state index in [0.29, 0.717) is 11.6 Å². The second kappa shape index (κ2) is 5.83. The SMILES string of the molecule is CCN(CC(=O)OC)C(=O)C1(c2ccc(Cl)cc2)CC1. The molecule has 0 N–H and O–H groups in total. The summed E-state index contributed by atoms with van der Waals surface area (Å²) in [6, 6.07) is 7.36. The fraction of sp³-hybridized carbons (Fsp3) is 0.467. The van der Waals surface area contributed by atoms with Gasteiger partial charge >= 0.3 is 5.97 Å². The van der Waals surface area contributed by atoms with Crippen LogP contribution in [0.1, 0.15) is 25.3 Å². The molecule has 5 heteroatoms. The second-order valence-electron chi connectivity index (χ2n) is 4.98. The molecule has 0 saturated heterocycles. The van der Waals surface area contributed by atoms with Crippen LogP contribution >= 0.6 is 11.6 Å². The summed E-state index contributed by atoms with van der Waals surface area (Å²) < 4.78 is 4.64. The predicted molar refractivity (Wildman–Crippen MR) is 76.6 cm³/mol. The molecule has 1 saturated carbocycles. The smallest absolute Gasteiger partial charge is 0.325 e. The normalized spacial score (nSPS) is 15.6. The first-order valence-corrected chi connectivity index (χ1v) is 7.03. The van der Waals surface area contributed by atoms with Crippen molar-refractivity contribution < 1.29 is 14.3 Å². The fourth-order valence-corrected chi connectivity index (χ4v) is 2.50. The van der Waals surface area contributed by atoms with Gasteiger partial charge in [-0.3, -0.25) is 9.59 Å². The third kappa shape index (κ3) is 2.80. The summed E-state index contributed by atoms with van der Waals surface area (Å²) >= 11 is 5.88. The van der Waals surface area contributed by atoms with E-state index in [1.807, 2.05) is 19.1 Å². The van der Waals surface area contributed by atoms with Crippen LogP contribution in [0.4, 0.5) is 0 Å². The number of carbonyl (C=O) groups excluding carboxylic acids is 2. The first-order valence-electron chi connectivity index (χ1n) is 6.65. The Morgan fingerprint density at radius 2 is 1.90 bits per heavy atom. The van der Waals surface area contributed by atoms with Gasteiger partial charge in [0.1, 0.15) is 6.54 Å². The van der Waals surface area contributed by atoms with Gasteiger partial charge in [-0.25, -0.2) is 0 Å². The second-order valence-corrected chi connectivity index (χ2v) is 5.42. The third-order valence-electron chi connectivity index (χ3n) is 3.77. The molecule has 4 nitrogen and oxygen atoms in total. The van der Waals surface area contributed by atoms with Crippen LogP contribution in [0, 0.1) is 0 Å². The third-order valence-corrected chi connectivity index (χ3v) is 4.02. The van der Waals surface area contributed by atoms with Gasteiger partial charge in [0.05, 0.1) is 12.5 Å². The highest BCUT2D eigenvalue weighted by molar-refractivity contribution is 6.30. The first kappa shape index (κ1) is 14.9. The van der Waals surface area contributed by atoms with Crippen molar-refractivity contribution in [3.05, 3.63) is 34.9 Å². The van der Waals surface area contributed by atoms with E-state index in [1.165, 1.54) is 7.11 Å². The summed E-state index contributed by atoms with van der Waals surface area (Å²) in [5, 5.41) is 0.652. The van der Waals surface area contributed by atoms with Crippen LogP contribution < -0.4 is 0 Å². The Labute approximate surface area is 123 Å². The van der Waals surface area contributed by atoms with Crippen LogP contribution in [0.25, 0.3) is 0 Å². The Morgan fingerprint density at radius 1 is 1.30 bits per heavy atom. The predicted octanol–water partition coefficient (Wildman–Crippen LogP) is 2.39. The number of carbonyl (C=O) groups is 2. The summed E-state index contributed by atoms with van der Waals surface area (Å²) in [7, 11) is 1.33. The molecule has 0 aromatic heterocycles. The zero-order valence-corrected chi connectivity index (χ0v) is 12.4. The van der Waals surface area contributed by atoms with Gasteiger partial charge in [0, 0.05) is 11.6 Å². The van der Waals surface area contributed by atoms with Gasteiger partial charge < -0.3 is 9.64 Å². The molecule has 0 atom stereocenters. The van der Waals surface area contributed by atoms with Crippen LogP contribution in [-0.4, -0.2) is 37.0 Å². The van der Waals surface area contributed by atoms with Crippen molar-refractivity contribution in [1.82, 2.24) is 4.90 Å². The summed E-state index contributed by atoms with van der Waals surface area (Å²) in [6.45, 7) is 2.35. The molecule has 1 aromatic rings. The topological polar surface area (TPSA) is 46.6 Å². The zero-order valence-electron chi connectivity index (χ0n) is 11.7. The highest BCUT2D eigenvalue weighted by Crippen LogP contribution is 2.49. The number of esters is 1. The standard InChI is InChI=1S/C15H18ClNO3/c1-3-17(10-13(18)20-2)14(19)15(8-9-15)11-4-6-12(16)7-5-11/h4-7H,3,8-10H2,1-2H3. The summed E-state index contributed by atoms with van der Waals surface area (Å²) in [6.07, 6.45) is 1.62. The number of hydrogen-bond acceptors (Lipinski definition) is 3. The lowest BCUT2D eigenvalue weighted by molar-refractivity contribution is -0.147. The van der Waals surface area contributed by atoms with Gasteiger partial charge in [-0.1, -0.05) is 23.7 Å². The molecular weight excluding hydrogens is 278 g/mol. The van der Waals surface area contributed by atoms with E-state index in [1.54, 1.807) is 17.0 Å². The summed E-state index contributed by atoms with van der Waals surface area (Å²) in [5.41, 5.74) is 0.490. The maximum atomic E-state index is 12.7. The monoisotopic (exact) mass is 295 g/mol. The Balaban J connectivity index is 2.18. The molecule has 20 heavy (non-hydrogen) atoms. The molecule has 1 aliphatic rings. The number of methoxy groups -OCH3 is 1. The summed E-state index contributed by atoms with van der Waals surface area (Å²) in [4.78, 5) is 25.6. The molecule has 0 bridgehead atoms. The Kier molecular flexibility index (Phi) is 4.33. The van der Waals surface area contributed by atoms with Crippen LogP contribution in [0.2, 0.25) is 5.02 Å². The minimum absolute atomic E-state index is 0.00116. The van der Waals surface area contributed by atoms with E-state index in [-0.39, 0.29) is 12.5 Å². The van der Waals surface area contributed by atoms with Crippen molar-refractivity contribution in [3.8, 4) is 0 Å². The van der Waals surface area contributed by atoms with Gasteiger partial charge in [0.25, 0.3) is 0 Å². The lowest BCUT2D eigenvalue weighted by Gasteiger charge is -2.25. The summed E-state index contributed by atoms with van der Waals surface area (Å²) in [5.74, 6) is -0.403. The molecule has 108 valence electrons. The quantitative estimate of drug-likeness (QED) is 0.784. The average molecular weight is 296 g/mol. The van der Waals surface area contributed by atoms with E-state index < -0.39 is 11.4 Å². The van der Waals surface area contributed by atoms with E-state index in [4.69, 9.17) is 11.6 Å². The van der Waals surface area contributed by atoms with Gasteiger partial charge in [0.2, 0.25) is 5.91 Å². The first-order chi connectivity index (χ1) is 9.53. The van der Waals surface area contributed by atoms with Crippen molar-refractivity contribution in [1.29, 1.82) is 0 Å². The number of likely N-dealkylation sites (N-methyl/N-ethyl adjacent to an activating group) is 1. The van der Waals surface area contributed by atoms with Crippen molar-refractivity contribution in [2.24, 2.45) is 0 Å². The van der Waals surface area contributed by atoms with Crippen LogP contribution in [-0.2, 0) is 19.7 Å². The molecule has 0 unspecified atom stereocenters. The molecule has 1 fully saturated rings. The maximum Gasteiger partial charge on any atom is 0.325 e. The number of hydrogen-bond donors (Lipinski definition) is 0. The highest BCUT2D eigenvalue weighted by atomic mass is 35.5. The molecular formula is C15H18ClNO3. The number of rotatable bonds is 5. The van der Waals surface area contributed by atoms with Crippen molar-refractivity contribution in [2.45, 2.75) is 25.2 Å². The van der Waals surface area contributed by atoms with Crippen LogP contribution in [0.5, 0.6) is 0 Å². The molecule has 2 rings (SSSR count). The van der Waals surface area contributed by atoms with Gasteiger partial charge in [-0.15, -0.1) is 0 Å². The fourth-order valence-electron chi connectivity index (χ4n) is 2.37. The Hall–Kier alpha value is -1.55. The molecule has 0 heterocycles. The lowest BCUT2D eigenvalue weighted by Crippen LogP contribution is -2.42. The van der Waals surface area contributed by atoms with Crippen molar-refractivity contribution in [2.75, 3.05) is 20.2 Å². The van der Waals surface area contributed by atoms with E-state index >= 15 is 0 Å². The molecule has 1 aliphatic carbocycles. The number of benzene rings is 1. The van der Waals surface area contributed by atoms with Crippen molar-refractivity contribution >= 4 is 23.5 Å². The van der Waals surface area contributed by atoms with E-state index in [0.717, 1.165) is 18.4 Å². The highest BCUT2D eigenvalue weighted by Gasteiger charge is 2.52. The molecule has 0 spiro atoms. The maximum absolute atomic E-state index is 12.7. The number of halogens is 1. The van der Waals surface area contributed by atoms with Gasteiger partial charge in [-0.05, 0) is 37.5 Å². The van der Waals surface area contributed by atoms with E-state index in [2.05, 4.69) is 4.74 Å². The minimum atomic E-state index is -0.478. The van der Waals surface area contributed by atoms with Crippen LogP contribution in [0.3, 0.4) is 0 Å². The Morgan fingerprint density at radius 3 is 2.35 bits per heavy atom. The largest absolute Gasteiger partial charge is 0.468 e. The molecule has 1 amide bonds. The van der Waals surface area contributed by atoms with Crippen LogP contribution in [0.15, 0.2) is 24.3 Å². The Bertz CT molecular complexity index is 508. The van der Waals surface area contributed by atoms with E-state index in [9.17, 15) is 9.59 Å². The zero-order chi connectivity index (χ0) is 14.8. The molecule has 0 radical (unpaired) electrons. The molecule has 0 aliphatic heterocycles. The minimum Gasteiger partial charge on any atom is -0.468 e.